The van der Waals surface area contributed by atoms with Crippen molar-refractivity contribution in [3.63, 3.8) is 0 Å². The Morgan fingerprint density at radius 2 is 1.71 bits per heavy atom. The van der Waals surface area contributed by atoms with E-state index in [0.29, 0.717) is 0 Å². The van der Waals surface area contributed by atoms with Crippen molar-refractivity contribution in [2.24, 2.45) is 17.8 Å². The van der Waals surface area contributed by atoms with E-state index >= 15 is 0 Å². The molecule has 0 radical (unpaired) electrons. The van der Waals surface area contributed by atoms with Gasteiger partial charge in [0.2, 0.25) is 0 Å². The van der Waals surface area contributed by atoms with Gasteiger partial charge in [0.25, 0.3) is 0 Å². The SMILES string of the molecule is CC1CC(NC2CCCC(C)C2C)C1. The van der Waals surface area contributed by atoms with Gasteiger partial charge in [-0.2, -0.15) is 0 Å². The Labute approximate surface area is 88.7 Å². The van der Waals surface area contributed by atoms with Crippen LogP contribution in [-0.2, 0) is 0 Å². The summed E-state index contributed by atoms with van der Waals surface area (Å²) in [7, 11) is 0. The third-order valence-electron chi connectivity index (χ3n) is 4.53. The number of nitrogens with one attached hydrogen (secondary N) is 1. The fourth-order valence-electron chi connectivity index (χ4n) is 3.16. The highest BCUT2D eigenvalue weighted by Gasteiger charge is 2.32. The van der Waals surface area contributed by atoms with E-state index in [-0.39, 0.29) is 0 Å². The molecule has 0 aromatic carbocycles. The predicted molar refractivity (Wildman–Crippen MR) is 61.3 cm³/mol. The lowest BCUT2D eigenvalue weighted by Gasteiger charge is -2.42. The van der Waals surface area contributed by atoms with Gasteiger partial charge in [0, 0.05) is 12.1 Å². The van der Waals surface area contributed by atoms with E-state index in [2.05, 4.69) is 26.1 Å². The van der Waals surface area contributed by atoms with Crippen LogP contribution in [0.3, 0.4) is 0 Å². The molecule has 0 heterocycles. The summed E-state index contributed by atoms with van der Waals surface area (Å²) in [6.07, 6.45) is 7.12. The molecule has 2 rings (SSSR count). The Kier molecular flexibility index (Phi) is 3.16. The molecule has 2 saturated carbocycles. The van der Waals surface area contributed by atoms with Crippen molar-refractivity contribution >= 4 is 0 Å². The van der Waals surface area contributed by atoms with Crippen LogP contribution < -0.4 is 5.32 Å². The molecule has 0 aromatic heterocycles. The maximum absolute atomic E-state index is 3.87. The molecule has 0 amide bonds. The first-order valence-electron chi connectivity index (χ1n) is 6.43. The third-order valence-corrected chi connectivity index (χ3v) is 4.53. The second-order valence-corrected chi connectivity index (χ2v) is 5.81. The van der Waals surface area contributed by atoms with E-state index in [1.54, 1.807) is 0 Å². The Hall–Kier alpha value is -0.0400. The molecule has 3 atom stereocenters. The highest BCUT2D eigenvalue weighted by Crippen LogP contribution is 2.33. The zero-order valence-electron chi connectivity index (χ0n) is 9.92. The first kappa shape index (κ1) is 10.5. The second kappa shape index (κ2) is 4.22. The minimum Gasteiger partial charge on any atom is -0.311 e. The van der Waals surface area contributed by atoms with Crippen LogP contribution in [0.2, 0.25) is 0 Å². The number of hydrogen-bond donors (Lipinski definition) is 1. The fourth-order valence-corrected chi connectivity index (χ4v) is 3.16. The van der Waals surface area contributed by atoms with Gasteiger partial charge in [-0.25, -0.2) is 0 Å². The van der Waals surface area contributed by atoms with Crippen molar-refractivity contribution < 1.29 is 0 Å². The van der Waals surface area contributed by atoms with Gasteiger partial charge in [-0.3, -0.25) is 0 Å². The van der Waals surface area contributed by atoms with E-state index in [0.717, 1.165) is 29.8 Å². The molecule has 1 nitrogen and oxygen atoms in total. The third kappa shape index (κ3) is 2.13. The molecule has 1 N–H and O–H groups in total. The van der Waals surface area contributed by atoms with Gasteiger partial charge in [0.05, 0.1) is 0 Å². The summed E-state index contributed by atoms with van der Waals surface area (Å²) in [6.45, 7) is 7.22. The lowest BCUT2D eigenvalue weighted by molar-refractivity contribution is 0.148. The summed E-state index contributed by atoms with van der Waals surface area (Å²) < 4.78 is 0. The first-order chi connectivity index (χ1) is 6.66. The van der Waals surface area contributed by atoms with Crippen LogP contribution in [-0.4, -0.2) is 12.1 Å². The smallest absolute Gasteiger partial charge is 0.00978 e. The Balaban J connectivity index is 1.79. The Morgan fingerprint density at radius 3 is 2.36 bits per heavy atom. The van der Waals surface area contributed by atoms with Crippen LogP contribution in [0.4, 0.5) is 0 Å². The summed E-state index contributed by atoms with van der Waals surface area (Å²) in [4.78, 5) is 0. The highest BCUT2D eigenvalue weighted by atomic mass is 15.0. The van der Waals surface area contributed by atoms with Crippen molar-refractivity contribution in [3.05, 3.63) is 0 Å². The van der Waals surface area contributed by atoms with Crippen molar-refractivity contribution in [2.45, 2.75) is 65.0 Å². The van der Waals surface area contributed by atoms with E-state index in [9.17, 15) is 0 Å². The van der Waals surface area contributed by atoms with Crippen molar-refractivity contribution in [3.8, 4) is 0 Å². The molecule has 0 aliphatic heterocycles. The van der Waals surface area contributed by atoms with Crippen LogP contribution in [0, 0.1) is 17.8 Å². The van der Waals surface area contributed by atoms with Crippen LogP contribution in [0.5, 0.6) is 0 Å². The van der Waals surface area contributed by atoms with Crippen LogP contribution >= 0.6 is 0 Å². The fraction of sp³-hybridized carbons (Fsp3) is 1.00. The van der Waals surface area contributed by atoms with E-state index in [1.807, 2.05) is 0 Å². The van der Waals surface area contributed by atoms with E-state index in [4.69, 9.17) is 0 Å². The van der Waals surface area contributed by atoms with Crippen molar-refractivity contribution in [2.75, 3.05) is 0 Å². The molecular weight excluding hydrogens is 170 g/mol. The quantitative estimate of drug-likeness (QED) is 0.713. The maximum atomic E-state index is 3.87. The molecule has 0 aromatic rings. The molecular formula is C13H25N. The summed E-state index contributed by atoms with van der Waals surface area (Å²) in [5, 5.41) is 3.87. The zero-order chi connectivity index (χ0) is 10.1. The number of hydrogen-bond acceptors (Lipinski definition) is 1. The summed E-state index contributed by atoms with van der Waals surface area (Å²) >= 11 is 0. The largest absolute Gasteiger partial charge is 0.311 e. The van der Waals surface area contributed by atoms with Crippen LogP contribution in [0.1, 0.15) is 52.9 Å². The van der Waals surface area contributed by atoms with Gasteiger partial charge < -0.3 is 5.32 Å². The van der Waals surface area contributed by atoms with Gasteiger partial charge in [0.15, 0.2) is 0 Å². The Bertz CT molecular complexity index is 184. The van der Waals surface area contributed by atoms with Gasteiger partial charge in [-0.05, 0) is 37.0 Å². The standard InChI is InChI=1S/C13H25N/c1-9-7-12(8-9)14-13-6-4-5-10(2)11(13)3/h9-14H,4-8H2,1-3H3. The monoisotopic (exact) mass is 195 g/mol. The van der Waals surface area contributed by atoms with E-state index in [1.165, 1.54) is 32.1 Å². The van der Waals surface area contributed by atoms with Crippen molar-refractivity contribution in [1.29, 1.82) is 0 Å². The lowest BCUT2D eigenvalue weighted by Crippen LogP contribution is -2.50. The summed E-state index contributed by atoms with van der Waals surface area (Å²) in [5.74, 6) is 2.79. The van der Waals surface area contributed by atoms with Crippen LogP contribution in [0.25, 0.3) is 0 Å². The molecule has 2 aliphatic carbocycles. The molecule has 1 heteroatoms. The minimum absolute atomic E-state index is 0.816. The molecule has 2 aliphatic rings. The zero-order valence-corrected chi connectivity index (χ0v) is 9.92. The number of rotatable bonds is 2. The summed E-state index contributed by atoms with van der Waals surface area (Å²) in [5.41, 5.74) is 0. The van der Waals surface area contributed by atoms with Gasteiger partial charge in [0.1, 0.15) is 0 Å². The average Bonchev–Trinajstić information content (AvgIpc) is 2.10. The lowest BCUT2D eigenvalue weighted by atomic mass is 9.75. The van der Waals surface area contributed by atoms with Crippen molar-refractivity contribution in [1.82, 2.24) is 5.32 Å². The molecule has 3 unspecified atom stereocenters. The van der Waals surface area contributed by atoms with Crippen LogP contribution in [0.15, 0.2) is 0 Å². The topological polar surface area (TPSA) is 12.0 Å². The first-order valence-corrected chi connectivity index (χ1v) is 6.43. The predicted octanol–water partition coefficient (Wildman–Crippen LogP) is 3.20. The maximum Gasteiger partial charge on any atom is 0.00978 e. The molecule has 0 saturated heterocycles. The van der Waals surface area contributed by atoms with E-state index < -0.39 is 0 Å². The van der Waals surface area contributed by atoms with Gasteiger partial charge >= 0.3 is 0 Å². The molecule has 2 fully saturated rings. The Morgan fingerprint density at radius 1 is 1.00 bits per heavy atom. The minimum atomic E-state index is 0.816. The molecule has 0 spiro atoms. The highest BCUT2D eigenvalue weighted by molar-refractivity contribution is 4.89. The molecule has 0 bridgehead atoms. The molecule has 14 heavy (non-hydrogen) atoms. The average molecular weight is 195 g/mol. The molecule has 82 valence electrons. The van der Waals surface area contributed by atoms with Gasteiger partial charge in [-0.15, -0.1) is 0 Å². The van der Waals surface area contributed by atoms with Gasteiger partial charge in [-0.1, -0.05) is 33.6 Å². The summed E-state index contributed by atoms with van der Waals surface area (Å²) in [6, 6.07) is 1.67. The normalized spacial score (nSPS) is 48.6. The second-order valence-electron chi connectivity index (χ2n) is 5.81.